The SMILES string of the molecule is c1ccc(-c2cc(-c3ccccc3)nc(-n3c4ccccc4c4cc(-c5ccc6c(c5)c5ccccc5n6-c5ccccc5)ccc43)c2)cc1.c1ccc(-c2ccc(-n3c4ccccc4c4cc(-c5ccc6c(c5)c5ccccc5n6-c5ccc(-c6ccccc6)cc5)ccc43)cc2)cc1.c1ccc(-c2cccc(-n3c4ccccc4c4cc(-c5ccc6c(c5)c5ccccc5n6-c5ccccc5)ccc43)n2)cc1. The minimum absolute atomic E-state index is 0.902. The highest BCUT2D eigenvalue weighted by Gasteiger charge is 2.24. The van der Waals surface area contributed by atoms with E-state index in [9.17, 15) is 0 Å². The summed E-state index contributed by atoms with van der Waals surface area (Å²) in [5.74, 6) is 1.82. The molecule has 8 aromatic heterocycles. The molecule has 0 atom stereocenters. The number of hydrogen-bond acceptors (Lipinski definition) is 2. The van der Waals surface area contributed by atoms with E-state index < -0.39 is 0 Å². The van der Waals surface area contributed by atoms with E-state index in [1.165, 1.54) is 181 Å². The van der Waals surface area contributed by atoms with Crippen LogP contribution in [-0.2, 0) is 0 Å². The fourth-order valence-corrected chi connectivity index (χ4v) is 22.0. The van der Waals surface area contributed by atoms with Gasteiger partial charge in [0, 0.05) is 98.5 Å². The highest BCUT2D eigenvalue weighted by atomic mass is 15.1. The Kier molecular flexibility index (Phi) is 20.8. The molecule has 0 bridgehead atoms. The largest absolute Gasteiger partial charge is 0.309 e. The normalized spacial score (nSPS) is 11.6. The molecule has 29 aromatic rings. The molecule has 8 heterocycles. The van der Waals surface area contributed by atoms with Gasteiger partial charge in [0.25, 0.3) is 0 Å². The highest BCUT2D eigenvalue weighted by molar-refractivity contribution is 6.17. The molecular weight excluding hydrogens is 1750 g/mol. The fraction of sp³-hybridized carbons (Fsp3) is 0. The van der Waals surface area contributed by atoms with Crippen molar-refractivity contribution in [1.82, 2.24) is 37.4 Å². The molecule has 0 unspecified atom stereocenters. The molecule has 0 aliphatic rings. The van der Waals surface area contributed by atoms with Crippen LogP contribution in [0.5, 0.6) is 0 Å². The first kappa shape index (κ1) is 84.0. The summed E-state index contributed by atoms with van der Waals surface area (Å²) in [7, 11) is 0. The van der Waals surface area contributed by atoms with E-state index in [1.54, 1.807) is 0 Å². The van der Waals surface area contributed by atoms with Crippen molar-refractivity contribution in [3.05, 3.63) is 546 Å². The molecule has 21 aromatic carbocycles. The summed E-state index contributed by atoms with van der Waals surface area (Å²) in [6.45, 7) is 0. The Morgan fingerprint density at radius 3 is 0.618 bits per heavy atom. The maximum absolute atomic E-state index is 5.30. The van der Waals surface area contributed by atoms with E-state index in [-0.39, 0.29) is 0 Å². The molecule has 674 valence electrons. The highest BCUT2D eigenvalue weighted by Crippen LogP contribution is 2.46. The molecule has 0 amide bonds. The molecule has 0 radical (unpaired) electrons. The Balaban J connectivity index is 0.000000108. The number of fused-ring (bicyclic) bond motifs is 18. The van der Waals surface area contributed by atoms with Crippen molar-refractivity contribution in [3.63, 3.8) is 0 Å². The number of pyridine rings is 2. The van der Waals surface area contributed by atoms with Crippen LogP contribution >= 0.6 is 0 Å². The van der Waals surface area contributed by atoms with Crippen molar-refractivity contribution in [2.75, 3.05) is 0 Å². The minimum Gasteiger partial charge on any atom is -0.309 e. The van der Waals surface area contributed by atoms with E-state index in [1.807, 2.05) is 6.07 Å². The third-order valence-corrected chi connectivity index (χ3v) is 28.8. The predicted molar refractivity (Wildman–Crippen MR) is 604 cm³/mol. The second kappa shape index (κ2) is 35.6. The van der Waals surface area contributed by atoms with Gasteiger partial charge >= 0.3 is 0 Å². The zero-order chi connectivity index (χ0) is 95.1. The molecule has 0 aliphatic carbocycles. The lowest BCUT2D eigenvalue weighted by Crippen LogP contribution is -2.00. The Hall–Kier alpha value is -19.3. The summed E-state index contributed by atoms with van der Waals surface area (Å²) in [6.07, 6.45) is 0. The van der Waals surface area contributed by atoms with Gasteiger partial charge in [-0.25, -0.2) is 9.97 Å². The van der Waals surface area contributed by atoms with Crippen molar-refractivity contribution in [2.45, 2.75) is 0 Å². The summed E-state index contributed by atoms with van der Waals surface area (Å²) in [5.41, 5.74) is 37.5. The predicted octanol–water partition coefficient (Wildman–Crippen LogP) is 35.8. The van der Waals surface area contributed by atoms with Crippen LogP contribution in [0.15, 0.2) is 546 Å². The van der Waals surface area contributed by atoms with Gasteiger partial charge in [-0.05, 0) is 249 Å². The molecule has 8 heteroatoms. The van der Waals surface area contributed by atoms with E-state index in [4.69, 9.17) is 9.97 Å². The Morgan fingerprint density at radius 1 is 0.104 bits per heavy atom. The first-order valence-electron chi connectivity index (χ1n) is 49.2. The van der Waals surface area contributed by atoms with Crippen LogP contribution in [0.25, 0.3) is 254 Å². The lowest BCUT2D eigenvalue weighted by Gasteiger charge is -2.13. The van der Waals surface area contributed by atoms with E-state index in [2.05, 4.69) is 567 Å². The van der Waals surface area contributed by atoms with Gasteiger partial charge in [-0.1, -0.05) is 364 Å². The van der Waals surface area contributed by atoms with Crippen molar-refractivity contribution < 1.29 is 0 Å². The number of nitrogens with zero attached hydrogens (tertiary/aromatic N) is 8. The van der Waals surface area contributed by atoms with Crippen LogP contribution in [0.2, 0.25) is 0 Å². The molecule has 29 rings (SSSR count). The monoisotopic (exact) mass is 1830 g/mol. The maximum Gasteiger partial charge on any atom is 0.138 e. The summed E-state index contributed by atoms with van der Waals surface area (Å²) in [5, 5.41) is 14.9. The van der Waals surface area contributed by atoms with Gasteiger partial charge in [0.05, 0.1) is 77.6 Å². The maximum atomic E-state index is 5.30. The van der Waals surface area contributed by atoms with Crippen LogP contribution < -0.4 is 0 Å². The number of rotatable bonds is 14. The zero-order valence-electron chi connectivity index (χ0n) is 78.5. The fourth-order valence-electron chi connectivity index (χ4n) is 22.0. The van der Waals surface area contributed by atoms with Crippen LogP contribution in [0.3, 0.4) is 0 Å². The molecule has 0 saturated carbocycles. The van der Waals surface area contributed by atoms with E-state index in [0.717, 1.165) is 73.2 Å². The summed E-state index contributed by atoms with van der Waals surface area (Å²) >= 11 is 0. The first-order chi connectivity index (χ1) is 71.4. The van der Waals surface area contributed by atoms with Crippen LogP contribution in [0.4, 0.5) is 0 Å². The molecule has 0 aliphatic heterocycles. The van der Waals surface area contributed by atoms with Gasteiger partial charge in [0.2, 0.25) is 0 Å². The van der Waals surface area contributed by atoms with Crippen LogP contribution in [0, 0.1) is 0 Å². The molecule has 0 N–H and O–H groups in total. The van der Waals surface area contributed by atoms with Gasteiger partial charge in [-0.15, -0.1) is 0 Å². The van der Waals surface area contributed by atoms with E-state index >= 15 is 0 Å². The number of benzene rings is 21. The minimum atomic E-state index is 0.902. The number of para-hydroxylation sites is 8. The zero-order valence-corrected chi connectivity index (χ0v) is 78.5. The van der Waals surface area contributed by atoms with Gasteiger partial charge in [0.15, 0.2) is 0 Å². The Bertz CT molecular complexity index is 9710. The molecular formula is C136H90N8. The average molecular weight is 1840 g/mol. The van der Waals surface area contributed by atoms with Crippen molar-refractivity contribution in [2.24, 2.45) is 0 Å². The lowest BCUT2D eigenvalue weighted by molar-refractivity contribution is 1.08. The average Bonchev–Trinajstić information content (AvgIpc) is 2.49. The van der Waals surface area contributed by atoms with Gasteiger partial charge < -0.3 is 18.3 Å². The smallest absolute Gasteiger partial charge is 0.138 e. The molecule has 0 fully saturated rings. The van der Waals surface area contributed by atoms with E-state index in [0.29, 0.717) is 0 Å². The van der Waals surface area contributed by atoms with Crippen molar-refractivity contribution in [1.29, 1.82) is 0 Å². The molecule has 0 spiro atoms. The first-order valence-corrected chi connectivity index (χ1v) is 49.2. The van der Waals surface area contributed by atoms with Crippen molar-refractivity contribution >= 4 is 131 Å². The third-order valence-electron chi connectivity index (χ3n) is 28.8. The Labute approximate surface area is 831 Å². The quantitative estimate of drug-likeness (QED) is 0.109. The standard InChI is InChI=1S/C48H32N2.C47H31N3.C41H27N3/c1-3-11-33(12-4-1)35-19-25-39(26-20-35)49-45-17-9-7-15-41(45)43-31-37(23-29-47(43)49)38-24-30-48-44(32-38)42-16-8-10-18-46(42)50(48)40-27-21-36(22-28-40)34-13-5-2-6-14-34;1-4-14-32(15-5-1)36-30-42(33-16-6-2-7-17-33)48-47(31-36)50-44-23-13-11-21-39(44)41-29-35(25-27-46(41)50)34-24-26-45-40(28-34)38-20-10-12-22-43(38)49(45)37-18-8-3-9-19-37;1-3-12-28(13-4-1)36-18-11-21-41(42-36)44-38-20-10-8-17-33(38)35-27-30(23-25-40(35)44)29-22-24-39-34(26-29)32-16-7-9-19-37(32)43(39)31-14-5-2-6-15-31/h1-32H;1-31H;1-27H. The third kappa shape index (κ3) is 14.8. The van der Waals surface area contributed by atoms with Gasteiger partial charge in [-0.2, -0.15) is 0 Å². The number of hydrogen-bond donors (Lipinski definition) is 0. The molecule has 8 nitrogen and oxygen atoms in total. The number of aromatic nitrogens is 8. The van der Waals surface area contributed by atoms with Gasteiger partial charge in [0.1, 0.15) is 11.6 Å². The van der Waals surface area contributed by atoms with Crippen LogP contribution in [-0.4, -0.2) is 37.4 Å². The molecule has 0 saturated heterocycles. The second-order valence-corrected chi connectivity index (χ2v) is 37.1. The lowest BCUT2D eigenvalue weighted by atomic mass is 10.0. The van der Waals surface area contributed by atoms with Crippen LogP contribution in [0.1, 0.15) is 0 Å². The van der Waals surface area contributed by atoms with Crippen molar-refractivity contribution in [3.8, 4) is 124 Å². The molecule has 144 heavy (non-hydrogen) atoms. The van der Waals surface area contributed by atoms with Gasteiger partial charge in [-0.3, -0.25) is 9.13 Å². The topological polar surface area (TPSA) is 55.4 Å². The Morgan fingerprint density at radius 2 is 0.312 bits per heavy atom. The summed E-state index contributed by atoms with van der Waals surface area (Å²) < 4.78 is 14.1. The summed E-state index contributed by atoms with van der Waals surface area (Å²) in [6, 6.07) is 196. The second-order valence-electron chi connectivity index (χ2n) is 37.1. The summed E-state index contributed by atoms with van der Waals surface area (Å²) in [4.78, 5) is 10.4.